The number of aromatic nitrogens is 2. The van der Waals surface area contributed by atoms with Crippen LogP contribution in [0.15, 0.2) is 27.8 Å². The Kier molecular flexibility index (Phi) is 9.60. The summed E-state index contributed by atoms with van der Waals surface area (Å²) < 4.78 is 45.6. The molecule has 2 rings (SSSR count). The Morgan fingerprint density at radius 3 is 2.43 bits per heavy atom. The van der Waals surface area contributed by atoms with Gasteiger partial charge in [0.05, 0.1) is 5.69 Å². The van der Waals surface area contributed by atoms with Gasteiger partial charge in [-0.2, -0.15) is 4.37 Å². The second-order valence-corrected chi connectivity index (χ2v) is 9.80. The number of benzene rings is 1. The number of unbranched alkanes of at least 4 members (excludes halogenated alkanes) is 7. The topological polar surface area (TPSA) is 84.0 Å². The number of sulfonamides is 1. The number of nitrogens with zero attached hydrogens (tertiary/aromatic N) is 2. The van der Waals surface area contributed by atoms with Crippen LogP contribution in [0.4, 0.5) is 15.2 Å². The third kappa shape index (κ3) is 7.29. The van der Waals surface area contributed by atoms with Crippen LogP contribution >= 0.6 is 27.5 Å². The summed E-state index contributed by atoms with van der Waals surface area (Å²) in [5.41, 5.74) is 0.537. The monoisotopic (exact) mass is 492 g/mol. The number of hydrogen-bond acceptors (Lipinski definition) is 6. The first kappa shape index (κ1) is 23.0. The van der Waals surface area contributed by atoms with Gasteiger partial charge in [-0.15, -0.1) is 0 Å². The minimum Gasteiger partial charge on any atom is -0.384 e. The van der Waals surface area contributed by atoms with Gasteiger partial charge in [-0.3, -0.25) is 4.72 Å². The highest BCUT2D eigenvalue weighted by Crippen LogP contribution is 2.29. The molecular formula is C18H26BrFN4O2S2. The van der Waals surface area contributed by atoms with E-state index in [1.54, 1.807) is 0 Å². The fourth-order valence-corrected chi connectivity index (χ4v) is 5.12. The highest BCUT2D eigenvalue weighted by Gasteiger charge is 2.22. The third-order valence-electron chi connectivity index (χ3n) is 4.24. The van der Waals surface area contributed by atoms with Crippen molar-refractivity contribution in [1.29, 1.82) is 0 Å². The second kappa shape index (κ2) is 11.7. The van der Waals surface area contributed by atoms with Crippen LogP contribution < -0.4 is 10.0 Å². The zero-order valence-electron chi connectivity index (χ0n) is 15.9. The highest BCUT2D eigenvalue weighted by molar-refractivity contribution is 9.10. The quantitative estimate of drug-likeness (QED) is 0.345. The van der Waals surface area contributed by atoms with E-state index >= 15 is 0 Å². The van der Waals surface area contributed by atoms with E-state index in [1.165, 1.54) is 57.0 Å². The summed E-state index contributed by atoms with van der Waals surface area (Å²) in [4.78, 5) is 3.32. The molecule has 0 saturated carbocycles. The lowest BCUT2D eigenvalue weighted by Gasteiger charge is -2.12. The van der Waals surface area contributed by atoms with E-state index in [2.05, 4.69) is 42.3 Å². The summed E-state index contributed by atoms with van der Waals surface area (Å²) in [5, 5.41) is 3.26. The predicted molar refractivity (Wildman–Crippen MR) is 116 cm³/mol. The van der Waals surface area contributed by atoms with Gasteiger partial charge < -0.3 is 5.32 Å². The van der Waals surface area contributed by atoms with Gasteiger partial charge in [-0.05, 0) is 34.5 Å². The van der Waals surface area contributed by atoms with E-state index in [1.807, 2.05) is 0 Å². The standard InChI is InChI=1S/C18H26BrFN4O2S2/c1-2-3-4-5-6-7-8-9-10-21-16-12-15(20)17(11-14(16)19)28(25,26)24-18-22-13-23-27-18/h11-13,21H,2-10H2,1H3,(H,22,23,24). The van der Waals surface area contributed by atoms with Crippen molar-refractivity contribution in [1.82, 2.24) is 9.36 Å². The van der Waals surface area contributed by atoms with Crippen LogP contribution in [-0.2, 0) is 10.0 Å². The molecule has 0 radical (unpaired) electrons. The summed E-state index contributed by atoms with van der Waals surface area (Å²) in [6.07, 6.45) is 11.0. The minimum atomic E-state index is -4.07. The number of halogens is 2. The third-order valence-corrected chi connectivity index (χ3v) is 6.96. The van der Waals surface area contributed by atoms with Crippen molar-refractivity contribution >= 4 is 48.3 Å². The molecule has 0 fully saturated rings. The lowest BCUT2D eigenvalue weighted by molar-refractivity contribution is 0.570. The minimum absolute atomic E-state index is 0.0902. The molecule has 0 unspecified atom stereocenters. The fraction of sp³-hybridized carbons (Fsp3) is 0.556. The molecule has 6 nitrogen and oxygen atoms in total. The summed E-state index contributed by atoms with van der Waals surface area (Å²) in [7, 11) is -4.07. The molecule has 0 bridgehead atoms. The summed E-state index contributed by atoms with van der Waals surface area (Å²) in [6.45, 7) is 2.92. The van der Waals surface area contributed by atoms with Gasteiger partial charge in [0.1, 0.15) is 17.0 Å². The van der Waals surface area contributed by atoms with Crippen molar-refractivity contribution in [2.24, 2.45) is 0 Å². The molecule has 0 saturated heterocycles. The van der Waals surface area contributed by atoms with Gasteiger partial charge in [0.15, 0.2) is 0 Å². The van der Waals surface area contributed by atoms with Gasteiger partial charge in [0.25, 0.3) is 10.0 Å². The van der Waals surface area contributed by atoms with Crippen molar-refractivity contribution in [3.63, 3.8) is 0 Å². The zero-order valence-corrected chi connectivity index (χ0v) is 19.1. The molecule has 0 aliphatic heterocycles. The predicted octanol–water partition coefficient (Wildman–Crippen LogP) is 5.79. The van der Waals surface area contributed by atoms with E-state index in [0.717, 1.165) is 24.4 Å². The molecule has 2 N–H and O–H groups in total. The molecule has 0 aliphatic rings. The van der Waals surface area contributed by atoms with E-state index in [0.29, 0.717) is 16.7 Å². The summed E-state index contributed by atoms with van der Waals surface area (Å²) >= 11 is 4.21. The first-order valence-corrected chi connectivity index (χ1v) is 12.5. The molecule has 0 amide bonds. The lowest BCUT2D eigenvalue weighted by atomic mass is 10.1. The Hall–Kier alpha value is -1.26. The molecule has 0 spiro atoms. The first-order chi connectivity index (χ1) is 13.4. The largest absolute Gasteiger partial charge is 0.384 e. The van der Waals surface area contributed by atoms with E-state index in [-0.39, 0.29) is 5.13 Å². The van der Waals surface area contributed by atoms with Gasteiger partial charge in [0.2, 0.25) is 5.13 Å². The average molecular weight is 493 g/mol. The van der Waals surface area contributed by atoms with Gasteiger partial charge >= 0.3 is 0 Å². The van der Waals surface area contributed by atoms with E-state index in [4.69, 9.17) is 0 Å². The molecule has 1 aromatic carbocycles. The maximum absolute atomic E-state index is 14.4. The molecule has 28 heavy (non-hydrogen) atoms. The van der Waals surface area contributed by atoms with Crippen molar-refractivity contribution < 1.29 is 12.8 Å². The van der Waals surface area contributed by atoms with E-state index in [9.17, 15) is 12.8 Å². The number of rotatable bonds is 13. The number of nitrogens with one attached hydrogen (secondary N) is 2. The van der Waals surface area contributed by atoms with Gasteiger partial charge in [-0.1, -0.05) is 51.9 Å². The Morgan fingerprint density at radius 1 is 1.11 bits per heavy atom. The van der Waals surface area contributed by atoms with E-state index < -0.39 is 20.7 Å². The SMILES string of the molecule is CCCCCCCCCCNc1cc(F)c(S(=O)(=O)Nc2ncns2)cc1Br. The van der Waals surface area contributed by atoms with Crippen LogP contribution in [0.2, 0.25) is 0 Å². The molecule has 0 aliphatic carbocycles. The van der Waals surface area contributed by atoms with Gasteiger partial charge in [0, 0.05) is 22.5 Å². The average Bonchev–Trinajstić information content (AvgIpc) is 3.14. The highest BCUT2D eigenvalue weighted by atomic mass is 79.9. The lowest BCUT2D eigenvalue weighted by Crippen LogP contribution is -2.15. The smallest absolute Gasteiger partial charge is 0.266 e. The van der Waals surface area contributed by atoms with Crippen molar-refractivity contribution in [2.45, 2.75) is 63.2 Å². The van der Waals surface area contributed by atoms with Crippen LogP contribution in [0.1, 0.15) is 58.3 Å². The van der Waals surface area contributed by atoms with Crippen molar-refractivity contribution in [3.8, 4) is 0 Å². The Bertz CT molecular complexity index is 832. The zero-order chi connectivity index (χ0) is 20.4. The molecular weight excluding hydrogens is 467 g/mol. The van der Waals surface area contributed by atoms with Crippen molar-refractivity contribution in [3.05, 3.63) is 28.7 Å². The second-order valence-electron chi connectivity index (χ2n) is 6.52. The number of anilines is 2. The van der Waals surface area contributed by atoms with Crippen LogP contribution in [0.5, 0.6) is 0 Å². The number of hydrogen-bond donors (Lipinski definition) is 2. The van der Waals surface area contributed by atoms with Crippen LogP contribution in [0.25, 0.3) is 0 Å². The Morgan fingerprint density at radius 2 is 1.79 bits per heavy atom. The Labute approximate surface area is 178 Å². The molecule has 156 valence electrons. The summed E-state index contributed by atoms with van der Waals surface area (Å²) in [5.74, 6) is -0.821. The van der Waals surface area contributed by atoms with Crippen LogP contribution in [0.3, 0.4) is 0 Å². The fourth-order valence-electron chi connectivity index (χ4n) is 2.74. The summed E-state index contributed by atoms with van der Waals surface area (Å²) in [6, 6.07) is 2.46. The maximum Gasteiger partial charge on any atom is 0.266 e. The normalized spacial score (nSPS) is 11.5. The van der Waals surface area contributed by atoms with Gasteiger partial charge in [-0.25, -0.2) is 17.8 Å². The maximum atomic E-state index is 14.4. The Balaban J connectivity index is 1.84. The molecule has 10 heteroatoms. The van der Waals surface area contributed by atoms with Crippen LogP contribution in [-0.4, -0.2) is 24.3 Å². The van der Waals surface area contributed by atoms with Crippen LogP contribution in [0, 0.1) is 5.82 Å². The van der Waals surface area contributed by atoms with Crippen molar-refractivity contribution in [2.75, 3.05) is 16.6 Å². The molecule has 0 atom stereocenters. The first-order valence-electron chi connectivity index (χ1n) is 9.46. The molecule has 1 heterocycles. The molecule has 2 aromatic rings. The molecule has 1 aromatic heterocycles.